The fourth-order valence-electron chi connectivity index (χ4n) is 3.19. The third kappa shape index (κ3) is 6.00. The summed E-state index contributed by atoms with van der Waals surface area (Å²) < 4.78 is 9.89. The number of amides is 3. The molecule has 1 heterocycles. The molecular weight excluding hydrogens is 436 g/mol. The summed E-state index contributed by atoms with van der Waals surface area (Å²) in [6, 6.07) is 13.0. The third-order valence-corrected chi connectivity index (χ3v) is 5.35. The number of aryl methyl sites for hydroxylation is 2. The van der Waals surface area contributed by atoms with Gasteiger partial charge in [0.15, 0.2) is 0 Å². The molecule has 3 amide bonds. The second kappa shape index (κ2) is 10.7. The van der Waals surface area contributed by atoms with Gasteiger partial charge in [0.1, 0.15) is 11.7 Å². The predicted molar refractivity (Wildman–Crippen MR) is 129 cm³/mol. The molecule has 0 aliphatic carbocycles. The number of hydrogen-bond donors (Lipinski definition) is 3. The van der Waals surface area contributed by atoms with Crippen molar-refractivity contribution in [3.8, 4) is 11.3 Å². The highest BCUT2D eigenvalue weighted by atomic mass is 16.5. The largest absolute Gasteiger partial charge is 0.467 e. The number of esters is 1. The van der Waals surface area contributed by atoms with E-state index in [0.29, 0.717) is 22.6 Å². The molecule has 34 heavy (non-hydrogen) atoms. The smallest absolute Gasteiger partial charge is 0.328 e. The van der Waals surface area contributed by atoms with Crippen LogP contribution in [0.5, 0.6) is 0 Å². The zero-order valence-corrected chi connectivity index (χ0v) is 19.8. The molecule has 0 radical (unpaired) electrons. The summed E-state index contributed by atoms with van der Waals surface area (Å²) in [5.41, 5.74) is 4.67. The second-order valence-corrected chi connectivity index (χ2v) is 8.25. The number of nitrogens with one attached hydrogen (secondary N) is 3. The molecule has 3 aromatic rings. The zero-order chi connectivity index (χ0) is 24.8. The Morgan fingerprint density at radius 1 is 0.912 bits per heavy atom. The molecule has 0 saturated carbocycles. The number of ether oxygens (including phenoxy) is 1. The molecule has 3 rings (SSSR count). The highest BCUT2D eigenvalue weighted by molar-refractivity contribution is 6.00. The third-order valence-electron chi connectivity index (χ3n) is 5.35. The Bertz CT molecular complexity index is 1180. The molecule has 0 aliphatic heterocycles. The lowest BCUT2D eigenvalue weighted by molar-refractivity contribution is -0.144. The minimum atomic E-state index is -0.800. The van der Waals surface area contributed by atoms with Crippen molar-refractivity contribution in [2.45, 2.75) is 33.7 Å². The lowest BCUT2D eigenvalue weighted by atomic mass is 10.0. The van der Waals surface area contributed by atoms with Crippen LogP contribution in [0.3, 0.4) is 0 Å². The summed E-state index contributed by atoms with van der Waals surface area (Å²) in [6.45, 7) is 7.59. The first kappa shape index (κ1) is 24.5. The molecule has 0 aliphatic rings. The number of methoxy groups -OCH3 is 1. The molecule has 0 saturated heterocycles. The number of rotatable bonds is 7. The van der Waals surface area contributed by atoms with Gasteiger partial charge >= 0.3 is 12.0 Å². The van der Waals surface area contributed by atoms with Crippen LogP contribution in [-0.4, -0.2) is 36.2 Å². The minimum Gasteiger partial charge on any atom is -0.467 e. The number of carbonyl (C=O) groups is 3. The quantitative estimate of drug-likeness (QED) is 0.442. The first-order valence-corrected chi connectivity index (χ1v) is 10.8. The normalized spacial score (nSPS) is 11.6. The topological polar surface area (TPSA) is 123 Å². The van der Waals surface area contributed by atoms with E-state index in [9.17, 15) is 14.4 Å². The Balaban J connectivity index is 1.62. The van der Waals surface area contributed by atoms with Gasteiger partial charge in [-0.25, -0.2) is 9.59 Å². The van der Waals surface area contributed by atoms with E-state index in [-0.39, 0.29) is 17.7 Å². The summed E-state index contributed by atoms with van der Waals surface area (Å²) in [7, 11) is 1.27. The second-order valence-electron chi connectivity index (χ2n) is 8.25. The van der Waals surface area contributed by atoms with E-state index in [1.54, 1.807) is 38.1 Å². The van der Waals surface area contributed by atoms with E-state index in [1.165, 1.54) is 13.2 Å². The van der Waals surface area contributed by atoms with Gasteiger partial charge in [-0.05, 0) is 55.2 Å². The number of urea groups is 1. The first-order chi connectivity index (χ1) is 16.2. The van der Waals surface area contributed by atoms with Gasteiger partial charge in [0.05, 0.1) is 7.11 Å². The van der Waals surface area contributed by atoms with E-state index in [4.69, 9.17) is 9.26 Å². The Kier molecular flexibility index (Phi) is 7.68. The van der Waals surface area contributed by atoms with Crippen LogP contribution in [0.2, 0.25) is 0 Å². The van der Waals surface area contributed by atoms with Crippen LogP contribution < -0.4 is 16.0 Å². The van der Waals surface area contributed by atoms with Gasteiger partial charge in [-0.1, -0.05) is 37.2 Å². The molecule has 178 valence electrons. The number of benzene rings is 2. The molecule has 9 nitrogen and oxygen atoms in total. The van der Waals surface area contributed by atoms with E-state index >= 15 is 0 Å². The highest BCUT2D eigenvalue weighted by Gasteiger charge is 2.27. The number of anilines is 2. The average molecular weight is 465 g/mol. The van der Waals surface area contributed by atoms with Crippen molar-refractivity contribution in [3.05, 3.63) is 65.4 Å². The van der Waals surface area contributed by atoms with Gasteiger partial charge in [0.2, 0.25) is 5.76 Å². The van der Waals surface area contributed by atoms with Gasteiger partial charge in [-0.15, -0.1) is 0 Å². The van der Waals surface area contributed by atoms with E-state index < -0.39 is 17.9 Å². The van der Waals surface area contributed by atoms with Crippen LogP contribution in [0, 0.1) is 19.8 Å². The lowest BCUT2D eigenvalue weighted by Gasteiger charge is -2.18. The van der Waals surface area contributed by atoms with Crippen molar-refractivity contribution in [1.82, 2.24) is 10.5 Å². The maximum atomic E-state index is 12.5. The predicted octanol–water partition coefficient (Wildman–Crippen LogP) is 4.53. The van der Waals surface area contributed by atoms with Crippen LogP contribution in [-0.2, 0) is 9.53 Å². The standard InChI is InChI=1S/C25H28N4O5/c1-14(2)22(24(31)33-5)28-23(30)21-13-20(29-34-21)17-7-10-18(11-8-17)26-25(32)27-19-9-6-15(3)16(4)12-19/h6-14,22H,1-5H3,(H,28,30)(H2,26,27,32). The van der Waals surface area contributed by atoms with Crippen LogP contribution >= 0.6 is 0 Å². The molecule has 1 unspecified atom stereocenters. The minimum absolute atomic E-state index is 0.0282. The van der Waals surface area contributed by atoms with Crippen LogP contribution in [0.25, 0.3) is 11.3 Å². The zero-order valence-electron chi connectivity index (χ0n) is 19.8. The van der Waals surface area contributed by atoms with Gasteiger partial charge in [0.25, 0.3) is 5.91 Å². The molecule has 1 atom stereocenters. The van der Waals surface area contributed by atoms with Crippen molar-refractivity contribution in [3.63, 3.8) is 0 Å². The van der Waals surface area contributed by atoms with Gasteiger partial charge in [0, 0.05) is 23.0 Å². The molecule has 0 fully saturated rings. The molecule has 3 N–H and O–H groups in total. The van der Waals surface area contributed by atoms with Crippen molar-refractivity contribution in [2.75, 3.05) is 17.7 Å². The summed E-state index contributed by atoms with van der Waals surface area (Å²) >= 11 is 0. The van der Waals surface area contributed by atoms with Crippen LogP contribution in [0.15, 0.2) is 53.1 Å². The van der Waals surface area contributed by atoms with Gasteiger partial charge < -0.3 is 25.2 Å². The molecule has 1 aromatic heterocycles. The van der Waals surface area contributed by atoms with Gasteiger partial charge in [-0.3, -0.25) is 4.79 Å². The molecular formula is C25H28N4O5. The SMILES string of the molecule is COC(=O)C(NC(=O)c1cc(-c2ccc(NC(=O)Nc3ccc(C)c(C)c3)cc2)no1)C(C)C. The Labute approximate surface area is 197 Å². The summed E-state index contributed by atoms with van der Waals surface area (Å²) in [5, 5.41) is 12.1. The first-order valence-electron chi connectivity index (χ1n) is 10.8. The highest BCUT2D eigenvalue weighted by Crippen LogP contribution is 2.22. The number of carbonyl (C=O) groups excluding carboxylic acids is 3. The van der Waals surface area contributed by atoms with Crippen molar-refractivity contribution < 1.29 is 23.6 Å². The summed E-state index contributed by atoms with van der Waals surface area (Å²) in [6.07, 6.45) is 0. The van der Waals surface area contributed by atoms with Crippen molar-refractivity contribution in [1.29, 1.82) is 0 Å². The molecule has 9 heteroatoms. The summed E-state index contributed by atoms with van der Waals surface area (Å²) in [5.74, 6) is -1.29. The Hall–Kier alpha value is -4.14. The monoisotopic (exact) mass is 464 g/mol. The molecule has 0 bridgehead atoms. The van der Waals surface area contributed by atoms with E-state index in [2.05, 4.69) is 21.1 Å². The summed E-state index contributed by atoms with van der Waals surface area (Å²) in [4.78, 5) is 36.6. The van der Waals surface area contributed by atoms with E-state index in [0.717, 1.165) is 11.1 Å². The maximum absolute atomic E-state index is 12.5. The van der Waals surface area contributed by atoms with Gasteiger partial charge in [-0.2, -0.15) is 0 Å². The van der Waals surface area contributed by atoms with Crippen molar-refractivity contribution in [2.24, 2.45) is 5.92 Å². The Morgan fingerprint density at radius 2 is 1.56 bits per heavy atom. The number of aromatic nitrogens is 1. The number of nitrogens with zero attached hydrogens (tertiary/aromatic N) is 1. The Morgan fingerprint density at radius 3 is 2.18 bits per heavy atom. The molecule has 2 aromatic carbocycles. The van der Waals surface area contributed by atoms with Crippen LogP contribution in [0.1, 0.15) is 35.5 Å². The maximum Gasteiger partial charge on any atom is 0.328 e. The number of hydrogen-bond acceptors (Lipinski definition) is 6. The average Bonchev–Trinajstić information content (AvgIpc) is 3.30. The fraction of sp³-hybridized carbons (Fsp3) is 0.280. The van der Waals surface area contributed by atoms with E-state index in [1.807, 2.05) is 32.0 Å². The molecule has 0 spiro atoms. The fourth-order valence-corrected chi connectivity index (χ4v) is 3.19. The lowest BCUT2D eigenvalue weighted by Crippen LogP contribution is -2.44. The van der Waals surface area contributed by atoms with Crippen LogP contribution in [0.4, 0.5) is 16.2 Å². The van der Waals surface area contributed by atoms with Crippen molar-refractivity contribution >= 4 is 29.3 Å².